The van der Waals surface area contributed by atoms with Gasteiger partial charge in [0.05, 0.1) is 12.0 Å². The highest BCUT2D eigenvalue weighted by Gasteiger charge is 2.11. The predicted octanol–water partition coefficient (Wildman–Crippen LogP) is 3.16. The van der Waals surface area contributed by atoms with Crippen molar-refractivity contribution >= 4 is 39.3 Å². The molecule has 108 valence electrons. The van der Waals surface area contributed by atoms with Gasteiger partial charge >= 0.3 is 0 Å². The molecule has 0 fully saturated rings. The largest absolute Gasteiger partial charge is 0.491 e. The zero-order valence-electron chi connectivity index (χ0n) is 11.3. The number of rotatable bonds is 5. The highest BCUT2D eigenvalue weighted by atomic mass is 127. The minimum absolute atomic E-state index is 0.511. The van der Waals surface area contributed by atoms with Crippen LogP contribution < -0.4 is 10.5 Å². The number of nitrogen functional groups attached to an aromatic ring is 1. The number of aryl methyl sites for hydroxylation is 1. The summed E-state index contributed by atoms with van der Waals surface area (Å²) in [4.78, 5) is 4.01. The second-order valence-corrected chi connectivity index (χ2v) is 5.87. The molecule has 1 aromatic carbocycles. The van der Waals surface area contributed by atoms with E-state index in [4.69, 9.17) is 10.5 Å². The van der Waals surface area contributed by atoms with Crippen LogP contribution in [-0.2, 0) is 6.42 Å². The normalized spacial score (nSPS) is 10.9. The maximum absolute atomic E-state index is 5.87. The van der Waals surface area contributed by atoms with Crippen LogP contribution >= 0.6 is 22.6 Å². The molecule has 0 saturated heterocycles. The van der Waals surface area contributed by atoms with E-state index >= 15 is 0 Å². The Balaban J connectivity index is 1.65. The molecule has 2 aromatic heterocycles. The van der Waals surface area contributed by atoms with Crippen LogP contribution in [0.4, 0.5) is 5.82 Å². The third kappa shape index (κ3) is 3.10. The van der Waals surface area contributed by atoms with Crippen LogP contribution in [0.3, 0.4) is 0 Å². The third-order valence-corrected chi connectivity index (χ3v) is 4.18. The monoisotopic (exact) mass is 394 g/mol. The van der Waals surface area contributed by atoms with Crippen LogP contribution in [0.5, 0.6) is 5.75 Å². The first kappa shape index (κ1) is 14.1. The van der Waals surface area contributed by atoms with E-state index in [0.717, 1.165) is 33.1 Å². The lowest BCUT2D eigenvalue weighted by Crippen LogP contribution is -2.00. The molecule has 21 heavy (non-hydrogen) atoms. The van der Waals surface area contributed by atoms with E-state index in [1.54, 1.807) is 0 Å². The predicted molar refractivity (Wildman–Crippen MR) is 91.3 cm³/mol. The summed E-state index contributed by atoms with van der Waals surface area (Å²) in [5.74, 6) is 1.31. The van der Waals surface area contributed by atoms with Gasteiger partial charge in [0.15, 0.2) is 5.82 Å². The van der Waals surface area contributed by atoms with Crippen molar-refractivity contribution in [3.63, 3.8) is 0 Å². The fourth-order valence-corrected chi connectivity index (χ4v) is 2.95. The zero-order valence-corrected chi connectivity index (χ0v) is 13.5. The number of fused-ring (bicyclic) bond motifs is 1. The summed E-state index contributed by atoms with van der Waals surface area (Å²) >= 11 is 2.25. The molecule has 0 bridgehead atoms. The molecule has 0 aliphatic carbocycles. The molecule has 0 amide bonds. The Hall–Kier alpha value is -1.83. The van der Waals surface area contributed by atoms with Crippen molar-refractivity contribution in [1.29, 1.82) is 0 Å². The number of nitrogens with one attached hydrogen (secondary N) is 1. The van der Waals surface area contributed by atoms with Gasteiger partial charge in [-0.1, -0.05) is 0 Å². The number of ether oxygens (including phenoxy) is 1. The molecule has 2 heterocycles. The van der Waals surface area contributed by atoms with Crippen molar-refractivity contribution < 1.29 is 4.74 Å². The molecule has 3 aromatic rings. The molecule has 6 heteroatoms. The number of benzene rings is 1. The number of pyridine rings is 1. The number of H-pyrrole nitrogens is 1. The van der Waals surface area contributed by atoms with Crippen molar-refractivity contribution in [1.82, 2.24) is 15.2 Å². The average molecular weight is 394 g/mol. The van der Waals surface area contributed by atoms with E-state index < -0.39 is 0 Å². The van der Waals surface area contributed by atoms with Gasteiger partial charge in [-0.25, -0.2) is 0 Å². The van der Waals surface area contributed by atoms with E-state index in [0.29, 0.717) is 12.4 Å². The van der Waals surface area contributed by atoms with E-state index in [-0.39, 0.29) is 0 Å². The number of aromatic amines is 1. The van der Waals surface area contributed by atoms with Gasteiger partial charge < -0.3 is 10.5 Å². The molecule has 3 N–H and O–H groups in total. The van der Waals surface area contributed by atoms with Gasteiger partial charge in [-0.05, 0) is 65.3 Å². The number of hydrogen-bond acceptors (Lipinski definition) is 4. The van der Waals surface area contributed by atoms with Gasteiger partial charge in [0.25, 0.3) is 0 Å². The van der Waals surface area contributed by atoms with Crippen molar-refractivity contribution in [2.24, 2.45) is 0 Å². The number of aromatic nitrogens is 3. The van der Waals surface area contributed by atoms with E-state index in [1.165, 1.54) is 5.56 Å². The smallest absolute Gasteiger partial charge is 0.154 e. The van der Waals surface area contributed by atoms with Crippen LogP contribution in [0.1, 0.15) is 12.0 Å². The lowest BCUT2D eigenvalue weighted by atomic mass is 10.1. The lowest BCUT2D eigenvalue weighted by molar-refractivity contribution is 0.314. The molecule has 0 radical (unpaired) electrons. The summed E-state index contributed by atoms with van der Waals surface area (Å²) in [5.41, 5.74) is 8.00. The number of anilines is 1. The highest BCUT2D eigenvalue weighted by Crippen LogP contribution is 2.31. The fourth-order valence-electron chi connectivity index (χ4n) is 2.22. The van der Waals surface area contributed by atoms with Gasteiger partial charge in [0.2, 0.25) is 0 Å². The number of halogens is 1. The summed E-state index contributed by atoms with van der Waals surface area (Å²) in [5, 5.41) is 7.93. The van der Waals surface area contributed by atoms with Gasteiger partial charge in [0.1, 0.15) is 11.3 Å². The van der Waals surface area contributed by atoms with Crippen molar-refractivity contribution in [3.8, 4) is 5.75 Å². The number of hydrogen-bond donors (Lipinski definition) is 2. The second-order valence-electron chi connectivity index (χ2n) is 4.71. The molecule has 5 nitrogen and oxygen atoms in total. The van der Waals surface area contributed by atoms with Crippen molar-refractivity contribution in [3.05, 3.63) is 45.8 Å². The summed E-state index contributed by atoms with van der Waals surface area (Å²) in [7, 11) is 0. The Morgan fingerprint density at radius 1 is 1.19 bits per heavy atom. The van der Waals surface area contributed by atoms with E-state index in [1.807, 2.05) is 36.7 Å². The minimum atomic E-state index is 0.511. The van der Waals surface area contributed by atoms with Crippen molar-refractivity contribution in [2.75, 3.05) is 12.3 Å². The standard InChI is InChI=1S/C15H15IN4O/c16-11-3-4-12(14-13(11)15(17)20-19-14)21-9-1-2-10-5-7-18-8-6-10/h3-8H,1-2,9H2,(H3,17,19,20). The Morgan fingerprint density at radius 3 is 2.81 bits per heavy atom. The topological polar surface area (TPSA) is 76.8 Å². The highest BCUT2D eigenvalue weighted by molar-refractivity contribution is 14.1. The first-order valence-electron chi connectivity index (χ1n) is 6.69. The third-order valence-electron chi connectivity index (χ3n) is 3.28. The molecule has 0 aliphatic heterocycles. The average Bonchev–Trinajstić information content (AvgIpc) is 2.90. The Kier molecular flexibility index (Phi) is 4.23. The molecule has 0 atom stereocenters. The van der Waals surface area contributed by atoms with Crippen LogP contribution in [0.15, 0.2) is 36.7 Å². The lowest BCUT2D eigenvalue weighted by Gasteiger charge is -2.08. The Morgan fingerprint density at radius 2 is 2.00 bits per heavy atom. The summed E-state index contributed by atoms with van der Waals surface area (Å²) in [6.45, 7) is 0.650. The van der Waals surface area contributed by atoms with Crippen LogP contribution in [0.2, 0.25) is 0 Å². The second kappa shape index (κ2) is 6.30. The van der Waals surface area contributed by atoms with Gasteiger partial charge in [-0.15, -0.1) is 0 Å². The molecule has 0 spiro atoms. The molecule has 0 saturated carbocycles. The molecule has 0 aliphatic rings. The Labute approximate surface area is 136 Å². The molecule has 3 rings (SSSR count). The summed E-state index contributed by atoms with van der Waals surface area (Å²) in [6, 6.07) is 8.00. The fraction of sp³-hybridized carbons (Fsp3) is 0.200. The quantitative estimate of drug-likeness (QED) is 0.515. The SMILES string of the molecule is Nc1n[nH]c2c(OCCCc3ccncc3)ccc(I)c12. The molecule has 0 unspecified atom stereocenters. The number of nitrogens with zero attached hydrogens (tertiary/aromatic N) is 2. The van der Waals surface area contributed by atoms with Crippen LogP contribution in [0.25, 0.3) is 10.9 Å². The maximum atomic E-state index is 5.87. The first-order chi connectivity index (χ1) is 10.3. The van der Waals surface area contributed by atoms with Crippen LogP contribution in [0, 0.1) is 3.57 Å². The Bertz CT molecular complexity index is 742. The molecular formula is C15H15IN4O. The summed E-state index contributed by atoms with van der Waals surface area (Å²) in [6.07, 6.45) is 5.54. The first-order valence-corrected chi connectivity index (χ1v) is 7.77. The number of nitrogens with two attached hydrogens (primary N) is 1. The van der Waals surface area contributed by atoms with E-state index in [9.17, 15) is 0 Å². The minimum Gasteiger partial charge on any atom is -0.491 e. The van der Waals surface area contributed by atoms with Crippen LogP contribution in [-0.4, -0.2) is 21.8 Å². The van der Waals surface area contributed by atoms with Gasteiger partial charge in [-0.3, -0.25) is 10.1 Å². The maximum Gasteiger partial charge on any atom is 0.154 e. The van der Waals surface area contributed by atoms with Gasteiger partial charge in [-0.2, -0.15) is 5.10 Å². The zero-order chi connectivity index (χ0) is 14.7. The summed E-state index contributed by atoms with van der Waals surface area (Å²) < 4.78 is 6.93. The molecular weight excluding hydrogens is 379 g/mol. The van der Waals surface area contributed by atoms with E-state index in [2.05, 4.69) is 37.8 Å². The van der Waals surface area contributed by atoms with Crippen molar-refractivity contribution in [2.45, 2.75) is 12.8 Å². The van der Waals surface area contributed by atoms with Gasteiger partial charge in [0, 0.05) is 16.0 Å².